The van der Waals surface area contributed by atoms with Gasteiger partial charge >= 0.3 is 11.4 Å². The molecule has 4 heterocycles. The van der Waals surface area contributed by atoms with E-state index >= 15 is 9.59 Å². The molecule has 324 valence electrons. The second-order valence-electron chi connectivity index (χ2n) is 16.1. The van der Waals surface area contributed by atoms with Crippen molar-refractivity contribution in [2.24, 2.45) is 13.0 Å². The largest absolute Gasteiger partial charge is 0.508 e. The van der Waals surface area contributed by atoms with Gasteiger partial charge in [-0.1, -0.05) is 60.1 Å². The Morgan fingerprint density at radius 2 is 1.62 bits per heavy atom. The van der Waals surface area contributed by atoms with Crippen LogP contribution in [0, 0.1) is 11.7 Å². The number of nitrogens with one attached hydrogen (secondary N) is 1. The number of allylic oxidation sites excluding steroid dienone is 2. The number of carbonyl (C=O) groups excluding carboxylic acids is 2. The maximum absolute atomic E-state index is 15.6. The number of phenolic OH excluding ortho intramolecular Hbond substituents is 1. The number of halogens is 2. The van der Waals surface area contributed by atoms with Gasteiger partial charge in [-0.25, -0.2) is 32.9 Å². The highest BCUT2D eigenvalue weighted by atomic mass is 35.5. The number of rotatable bonds is 9. The van der Waals surface area contributed by atoms with Crippen LogP contribution in [-0.2, 0) is 41.6 Å². The minimum absolute atomic E-state index is 0.0765. The average molecular weight is 884 g/mol. The van der Waals surface area contributed by atoms with Crippen LogP contribution < -0.4 is 31.8 Å². The van der Waals surface area contributed by atoms with Gasteiger partial charge in [-0.2, -0.15) is 5.01 Å². The molecule has 0 spiro atoms. The monoisotopic (exact) mass is 883 g/mol. The van der Waals surface area contributed by atoms with Crippen molar-refractivity contribution in [1.82, 2.24) is 28.5 Å². The number of anilines is 1. The highest BCUT2D eigenvalue weighted by Gasteiger charge is 2.69. The molecule has 2 amide bonds. The van der Waals surface area contributed by atoms with E-state index in [1.807, 2.05) is 24.3 Å². The van der Waals surface area contributed by atoms with Gasteiger partial charge in [0, 0.05) is 48.6 Å². The molecule has 3 aliphatic rings. The van der Waals surface area contributed by atoms with E-state index in [0.717, 1.165) is 15.0 Å². The number of hydrazine groups is 1. The van der Waals surface area contributed by atoms with Gasteiger partial charge in [0.05, 0.1) is 54.9 Å². The molecule has 0 radical (unpaired) electrons. The first kappa shape index (κ1) is 40.6. The first-order valence-electron chi connectivity index (χ1n) is 20.5. The molecule has 15 nitrogen and oxygen atoms in total. The quantitative estimate of drug-likeness (QED) is 0.138. The molecule has 4 atom stereocenters. The first-order chi connectivity index (χ1) is 30.9. The fourth-order valence-electron chi connectivity index (χ4n) is 10.1. The van der Waals surface area contributed by atoms with Crippen LogP contribution in [0.1, 0.15) is 35.2 Å². The minimum Gasteiger partial charge on any atom is -0.508 e. The molecule has 2 fully saturated rings. The van der Waals surface area contributed by atoms with Crippen molar-refractivity contribution in [2.75, 3.05) is 19.6 Å². The number of aryl methyl sites for hydroxylation is 2. The van der Waals surface area contributed by atoms with Crippen LogP contribution in [0.4, 0.5) is 10.1 Å². The van der Waals surface area contributed by atoms with E-state index in [4.69, 9.17) is 21.1 Å². The van der Waals surface area contributed by atoms with Gasteiger partial charge in [0.15, 0.2) is 11.5 Å². The summed E-state index contributed by atoms with van der Waals surface area (Å²) in [6.07, 6.45) is 1.61. The molecule has 0 unspecified atom stereocenters. The molecule has 1 aliphatic carbocycles. The van der Waals surface area contributed by atoms with E-state index in [-0.39, 0.29) is 43.1 Å². The molecular weight excluding hydrogens is 845 g/mol. The van der Waals surface area contributed by atoms with Crippen LogP contribution in [0.25, 0.3) is 21.8 Å². The van der Waals surface area contributed by atoms with Crippen molar-refractivity contribution in [3.63, 3.8) is 0 Å². The number of hydrogen-bond acceptors (Lipinski definition) is 10. The molecule has 2 aromatic heterocycles. The maximum Gasteiger partial charge on any atom is 0.347 e. The van der Waals surface area contributed by atoms with E-state index in [1.165, 1.54) is 52.4 Å². The van der Waals surface area contributed by atoms with Crippen LogP contribution in [0.2, 0.25) is 5.02 Å². The number of amides is 2. The van der Waals surface area contributed by atoms with Crippen LogP contribution in [-0.4, -0.2) is 59.6 Å². The molecule has 10 rings (SSSR count). The average Bonchev–Trinajstić information content (AvgIpc) is 3.67. The highest BCUT2D eigenvalue weighted by molar-refractivity contribution is 6.30. The van der Waals surface area contributed by atoms with E-state index in [2.05, 4.69) is 10.4 Å². The van der Waals surface area contributed by atoms with Gasteiger partial charge in [-0.15, -0.1) is 0 Å². The topological polar surface area (TPSA) is 172 Å². The fraction of sp³-hybridized carbons (Fsp3) is 0.234. The molecule has 2 aliphatic heterocycles. The lowest BCUT2D eigenvalue weighted by Crippen LogP contribution is -2.53. The Balaban J connectivity index is 1.13. The highest BCUT2D eigenvalue weighted by Crippen LogP contribution is 2.63. The third-order valence-corrected chi connectivity index (χ3v) is 13.3. The van der Waals surface area contributed by atoms with Crippen molar-refractivity contribution in [1.29, 1.82) is 0 Å². The Morgan fingerprint density at radius 1 is 0.906 bits per heavy atom. The number of aromatic hydroxyl groups is 1. The van der Waals surface area contributed by atoms with Crippen molar-refractivity contribution >= 4 is 50.9 Å². The summed E-state index contributed by atoms with van der Waals surface area (Å²) in [6.45, 7) is -0.292. The Morgan fingerprint density at radius 3 is 2.36 bits per heavy atom. The van der Waals surface area contributed by atoms with E-state index in [1.54, 1.807) is 61.7 Å². The number of hydrogen-bond donors (Lipinski definition) is 2. The molecule has 64 heavy (non-hydrogen) atoms. The van der Waals surface area contributed by atoms with Crippen molar-refractivity contribution in [3.05, 3.63) is 168 Å². The minimum atomic E-state index is -1.73. The van der Waals surface area contributed by atoms with Gasteiger partial charge in [0.1, 0.15) is 17.3 Å². The maximum atomic E-state index is 15.6. The van der Waals surface area contributed by atoms with E-state index in [9.17, 15) is 23.9 Å². The summed E-state index contributed by atoms with van der Waals surface area (Å²) < 4.78 is 30.0. The number of ether oxygens (including phenoxy) is 2. The molecule has 17 heteroatoms. The van der Waals surface area contributed by atoms with Gasteiger partial charge in [0.25, 0.3) is 17.4 Å². The Kier molecular flexibility index (Phi) is 9.59. The van der Waals surface area contributed by atoms with Gasteiger partial charge in [-0.3, -0.25) is 19.8 Å². The SMILES string of the molecule is COc1cc2nc(CCn3c(=O)n4n(c3=O)[C@@H]3C[C@H]5C(=O)N(Nc6ccc(F)cc6)C(=O)[C@@]5(c5ccc(Cl)cc5)[C@@H](c5c(O)ccc6ccccc56)C3=CC4)c(=O)n(C)c2cc1OC. The number of imide groups is 1. The summed E-state index contributed by atoms with van der Waals surface area (Å²) in [5.74, 6) is -3.37. The number of benzene rings is 5. The number of phenols is 1. The molecule has 1 saturated heterocycles. The summed E-state index contributed by atoms with van der Waals surface area (Å²) in [7, 11) is 4.57. The lowest BCUT2D eigenvalue weighted by Gasteiger charge is -2.49. The zero-order chi connectivity index (χ0) is 44.8. The number of carbonyl (C=O) groups is 2. The van der Waals surface area contributed by atoms with Gasteiger partial charge in [-0.05, 0) is 70.8 Å². The molecule has 1 saturated carbocycles. The number of aromatic nitrogens is 5. The second kappa shape index (κ2) is 15.1. The second-order valence-corrected chi connectivity index (χ2v) is 16.6. The number of methoxy groups -OCH3 is 2. The zero-order valence-electron chi connectivity index (χ0n) is 34.6. The smallest absolute Gasteiger partial charge is 0.347 e. The predicted octanol–water partition coefficient (Wildman–Crippen LogP) is 5.59. The van der Waals surface area contributed by atoms with Gasteiger partial charge in [0.2, 0.25) is 0 Å². The molecular formula is C47H39ClFN7O8. The number of fused-ring (bicyclic) bond motifs is 6. The fourth-order valence-corrected chi connectivity index (χ4v) is 10.3. The third-order valence-electron chi connectivity index (χ3n) is 13.1. The van der Waals surface area contributed by atoms with Crippen LogP contribution in [0.3, 0.4) is 0 Å². The molecule has 2 N–H and O–H groups in total. The summed E-state index contributed by atoms with van der Waals surface area (Å²) in [6, 6.07) is 24.8. The van der Waals surface area contributed by atoms with Crippen molar-refractivity contribution in [3.8, 4) is 17.2 Å². The summed E-state index contributed by atoms with van der Waals surface area (Å²) in [5, 5.41) is 14.7. The van der Waals surface area contributed by atoms with Crippen molar-refractivity contribution < 1.29 is 28.6 Å². The molecule has 7 aromatic rings. The van der Waals surface area contributed by atoms with E-state index < -0.39 is 57.9 Å². The van der Waals surface area contributed by atoms with Crippen LogP contribution in [0.15, 0.2) is 123 Å². The van der Waals surface area contributed by atoms with Crippen LogP contribution in [0.5, 0.6) is 17.2 Å². The zero-order valence-corrected chi connectivity index (χ0v) is 35.4. The molecule has 5 aromatic carbocycles. The number of nitrogens with zero attached hydrogens (tertiary/aromatic N) is 6. The van der Waals surface area contributed by atoms with Crippen LogP contribution >= 0.6 is 11.6 Å². The van der Waals surface area contributed by atoms with Crippen molar-refractivity contribution in [2.45, 2.75) is 43.3 Å². The standard InChI is InChI=1S/C47H39ClFN7O8/c1-52-36-24-39(64-3)38(63-2)23-34(36)50-33(43(52)59)19-20-53-45(61)54-21-18-31-35(56(54)46(53)62)22-32-42(58)55(51-29-15-13-28(49)14-16-29)44(60)47(32,26-9-11-27(48)12-10-26)41(31)40-30-7-5-4-6-25(30)8-17-37(40)57/h4-18,23-24,32,35,41,51,57H,19-22H2,1-3H3/t32-,35+,41+,47+/m0/s1. The van der Waals surface area contributed by atoms with Gasteiger partial charge < -0.3 is 19.1 Å². The van der Waals surface area contributed by atoms with E-state index in [0.29, 0.717) is 49.6 Å². The Hall–Kier alpha value is -7.46. The lowest BCUT2D eigenvalue weighted by atomic mass is 9.52. The summed E-state index contributed by atoms with van der Waals surface area (Å²) >= 11 is 6.43. The third kappa shape index (κ3) is 5.92. The Bertz CT molecular complexity index is 3320. The summed E-state index contributed by atoms with van der Waals surface area (Å²) in [4.78, 5) is 78.0. The first-order valence-corrected chi connectivity index (χ1v) is 20.9. The summed E-state index contributed by atoms with van der Waals surface area (Å²) in [5.41, 5.74) is 2.09. The molecule has 0 bridgehead atoms. The predicted molar refractivity (Wildman–Crippen MR) is 235 cm³/mol. The normalized spacial score (nSPS) is 20.2. The lowest BCUT2D eigenvalue weighted by molar-refractivity contribution is -0.138. The Labute approximate surface area is 367 Å².